The third-order valence-electron chi connectivity index (χ3n) is 5.19. The maximum atomic E-state index is 13.4. The van der Waals surface area contributed by atoms with E-state index in [-0.39, 0.29) is 17.6 Å². The number of aromatic nitrogens is 2. The van der Waals surface area contributed by atoms with E-state index in [4.69, 9.17) is 5.73 Å². The van der Waals surface area contributed by atoms with E-state index in [1.807, 2.05) is 6.07 Å². The predicted molar refractivity (Wildman–Crippen MR) is 110 cm³/mol. The molecule has 1 aromatic heterocycles. The molecule has 0 aliphatic carbocycles. The summed E-state index contributed by atoms with van der Waals surface area (Å²) in [6, 6.07) is 11.8. The number of hydrogen-bond donors (Lipinski definition) is 1. The Labute approximate surface area is 177 Å². The highest BCUT2D eigenvalue weighted by molar-refractivity contribution is 6.09. The molecule has 4 rings (SSSR count). The fraction of sp³-hybridized carbons (Fsp3) is 0.182. The summed E-state index contributed by atoms with van der Waals surface area (Å²) >= 11 is 0. The van der Waals surface area contributed by atoms with E-state index in [0.29, 0.717) is 22.4 Å². The highest BCUT2D eigenvalue weighted by atomic mass is 19.3. The Morgan fingerprint density at radius 2 is 1.90 bits per heavy atom. The van der Waals surface area contributed by atoms with Crippen LogP contribution in [0.3, 0.4) is 0 Å². The van der Waals surface area contributed by atoms with Gasteiger partial charge in [0.05, 0.1) is 11.9 Å². The minimum absolute atomic E-state index is 0.0259. The standard InChI is InChI=1S/C22H19F2N5O2/c1-13-10-16(6-7-18(13)31-20(23)24)22(19(30)29(2)21(25)28-22)15-5-3-4-14(11-15)17-12-26-8-9-27-17/h3-12,20H,1-2H3,(H2,25,28). The monoisotopic (exact) mass is 423 g/mol. The van der Waals surface area contributed by atoms with Crippen LogP contribution in [0.5, 0.6) is 5.75 Å². The van der Waals surface area contributed by atoms with Gasteiger partial charge in [0.15, 0.2) is 11.5 Å². The third kappa shape index (κ3) is 3.48. The average molecular weight is 423 g/mol. The van der Waals surface area contributed by atoms with Crippen LogP contribution in [0.15, 0.2) is 66.0 Å². The molecule has 1 aliphatic rings. The highest BCUT2D eigenvalue weighted by Crippen LogP contribution is 2.41. The topological polar surface area (TPSA) is 93.7 Å². The van der Waals surface area contributed by atoms with Gasteiger partial charge in [-0.2, -0.15) is 8.78 Å². The van der Waals surface area contributed by atoms with Crippen LogP contribution in [0.1, 0.15) is 16.7 Å². The van der Waals surface area contributed by atoms with Gasteiger partial charge < -0.3 is 10.5 Å². The minimum atomic E-state index is -2.95. The number of benzene rings is 2. The summed E-state index contributed by atoms with van der Waals surface area (Å²) in [6.45, 7) is -1.32. The van der Waals surface area contributed by atoms with E-state index in [1.54, 1.807) is 55.8 Å². The lowest BCUT2D eigenvalue weighted by Crippen LogP contribution is -2.41. The molecule has 2 N–H and O–H groups in total. The third-order valence-corrected chi connectivity index (χ3v) is 5.19. The van der Waals surface area contributed by atoms with Gasteiger partial charge >= 0.3 is 6.61 Å². The Morgan fingerprint density at radius 1 is 1.13 bits per heavy atom. The van der Waals surface area contributed by atoms with Gasteiger partial charge in [-0.3, -0.25) is 19.7 Å². The fourth-order valence-electron chi connectivity index (χ4n) is 3.64. The number of nitrogens with two attached hydrogens (primary N) is 1. The molecule has 1 aliphatic heterocycles. The second-order valence-electron chi connectivity index (χ2n) is 7.07. The summed E-state index contributed by atoms with van der Waals surface area (Å²) in [5, 5.41) is 0. The van der Waals surface area contributed by atoms with Crippen LogP contribution in [0.25, 0.3) is 11.3 Å². The molecule has 1 atom stereocenters. The smallest absolute Gasteiger partial charge is 0.387 e. The summed E-state index contributed by atoms with van der Waals surface area (Å²) in [4.78, 5) is 27.6. The number of ether oxygens (including phenoxy) is 1. The molecule has 0 saturated heterocycles. The molecule has 2 heterocycles. The molecule has 0 bridgehead atoms. The molecule has 31 heavy (non-hydrogen) atoms. The summed E-state index contributed by atoms with van der Waals surface area (Å²) in [6.07, 6.45) is 4.77. The Kier molecular flexibility index (Phi) is 5.10. The summed E-state index contributed by atoms with van der Waals surface area (Å²) in [7, 11) is 1.54. The number of rotatable bonds is 5. The lowest BCUT2D eigenvalue weighted by Gasteiger charge is -2.27. The maximum Gasteiger partial charge on any atom is 0.387 e. The Balaban J connectivity index is 1.90. The Morgan fingerprint density at radius 3 is 2.52 bits per heavy atom. The molecule has 158 valence electrons. The number of likely N-dealkylation sites (N-methyl/N-ethyl adjacent to an activating group) is 1. The van der Waals surface area contributed by atoms with E-state index in [9.17, 15) is 13.6 Å². The van der Waals surface area contributed by atoms with Crippen molar-refractivity contribution in [3.8, 4) is 17.0 Å². The fourth-order valence-corrected chi connectivity index (χ4v) is 3.64. The van der Waals surface area contributed by atoms with Crippen molar-refractivity contribution in [3.63, 3.8) is 0 Å². The van der Waals surface area contributed by atoms with Crippen molar-refractivity contribution >= 4 is 11.9 Å². The van der Waals surface area contributed by atoms with E-state index in [1.165, 1.54) is 18.0 Å². The van der Waals surface area contributed by atoms with Crippen molar-refractivity contribution in [1.29, 1.82) is 0 Å². The number of nitrogens with zero attached hydrogens (tertiary/aromatic N) is 4. The second kappa shape index (κ2) is 7.75. The minimum Gasteiger partial charge on any atom is -0.435 e. The summed E-state index contributed by atoms with van der Waals surface area (Å²) < 4.78 is 29.9. The number of hydrogen-bond acceptors (Lipinski definition) is 6. The van der Waals surface area contributed by atoms with Crippen molar-refractivity contribution in [3.05, 3.63) is 77.7 Å². The Bertz CT molecular complexity index is 1170. The summed E-state index contributed by atoms with van der Waals surface area (Å²) in [5.41, 5.74) is 7.42. The van der Waals surface area contributed by atoms with Gasteiger partial charge in [-0.25, -0.2) is 4.99 Å². The number of amides is 1. The first-order valence-electron chi connectivity index (χ1n) is 9.39. The lowest BCUT2D eigenvalue weighted by molar-refractivity contribution is -0.129. The van der Waals surface area contributed by atoms with Gasteiger partial charge in [0.25, 0.3) is 5.91 Å². The van der Waals surface area contributed by atoms with Crippen LogP contribution >= 0.6 is 0 Å². The first kappa shape index (κ1) is 20.4. The quantitative estimate of drug-likeness (QED) is 0.681. The first-order chi connectivity index (χ1) is 14.8. The molecule has 1 amide bonds. The van der Waals surface area contributed by atoms with Crippen LogP contribution in [0.4, 0.5) is 8.78 Å². The number of carbonyl (C=O) groups excluding carboxylic acids is 1. The SMILES string of the molecule is Cc1cc(C2(c3cccc(-c4cnccn4)c3)N=C(N)N(C)C2=O)ccc1OC(F)F. The lowest BCUT2D eigenvalue weighted by atomic mass is 9.81. The molecular weight excluding hydrogens is 404 g/mol. The predicted octanol–water partition coefficient (Wildman–Crippen LogP) is 3.08. The van der Waals surface area contributed by atoms with Gasteiger partial charge in [0.1, 0.15) is 5.75 Å². The zero-order valence-electron chi connectivity index (χ0n) is 16.8. The largest absolute Gasteiger partial charge is 0.435 e. The van der Waals surface area contributed by atoms with Crippen LogP contribution in [0.2, 0.25) is 0 Å². The average Bonchev–Trinajstić information content (AvgIpc) is 3.00. The van der Waals surface area contributed by atoms with E-state index >= 15 is 0 Å². The van der Waals surface area contributed by atoms with Crippen LogP contribution in [-0.2, 0) is 10.3 Å². The van der Waals surface area contributed by atoms with E-state index in [0.717, 1.165) is 5.56 Å². The van der Waals surface area contributed by atoms with Crippen molar-refractivity contribution in [2.45, 2.75) is 19.1 Å². The highest BCUT2D eigenvalue weighted by Gasteiger charge is 2.49. The molecule has 0 fully saturated rings. The van der Waals surface area contributed by atoms with E-state index in [2.05, 4.69) is 19.7 Å². The summed E-state index contributed by atoms with van der Waals surface area (Å²) in [5.74, 6) is -0.276. The number of carbonyl (C=O) groups is 1. The molecule has 2 aromatic carbocycles. The first-order valence-corrected chi connectivity index (χ1v) is 9.39. The molecule has 3 aromatic rings. The van der Waals surface area contributed by atoms with Crippen molar-refractivity contribution in [1.82, 2.24) is 14.9 Å². The van der Waals surface area contributed by atoms with Crippen molar-refractivity contribution < 1.29 is 18.3 Å². The van der Waals surface area contributed by atoms with Gasteiger partial charge in [0.2, 0.25) is 0 Å². The molecular formula is C22H19F2N5O2. The molecule has 1 unspecified atom stereocenters. The van der Waals surface area contributed by atoms with Crippen LogP contribution < -0.4 is 10.5 Å². The van der Waals surface area contributed by atoms with Gasteiger partial charge in [-0.1, -0.05) is 24.3 Å². The molecule has 7 nitrogen and oxygen atoms in total. The zero-order chi connectivity index (χ0) is 22.2. The number of aliphatic imine (C=N–C) groups is 1. The molecule has 9 heteroatoms. The maximum absolute atomic E-state index is 13.4. The molecule has 0 saturated carbocycles. The number of guanidine groups is 1. The number of halogens is 2. The van der Waals surface area contributed by atoms with Crippen molar-refractivity contribution in [2.75, 3.05) is 7.05 Å². The molecule has 0 radical (unpaired) electrons. The zero-order valence-corrected chi connectivity index (χ0v) is 16.8. The van der Waals surface area contributed by atoms with Crippen molar-refractivity contribution in [2.24, 2.45) is 10.7 Å². The normalized spacial score (nSPS) is 18.4. The van der Waals surface area contributed by atoms with Crippen LogP contribution in [0, 0.1) is 6.92 Å². The Hall–Kier alpha value is -3.88. The second-order valence-corrected chi connectivity index (χ2v) is 7.07. The van der Waals surface area contributed by atoms with Gasteiger partial charge in [0, 0.05) is 25.0 Å². The van der Waals surface area contributed by atoms with Gasteiger partial charge in [-0.05, 0) is 41.8 Å². The number of alkyl halides is 2. The van der Waals surface area contributed by atoms with Crippen LogP contribution in [-0.4, -0.2) is 40.4 Å². The molecule has 0 spiro atoms. The van der Waals surface area contributed by atoms with Gasteiger partial charge in [-0.15, -0.1) is 0 Å². The number of aryl methyl sites for hydroxylation is 1. The van der Waals surface area contributed by atoms with E-state index < -0.39 is 12.2 Å².